The number of aromatic amines is 1. The first-order valence-electron chi connectivity index (χ1n) is 6.06. The Balaban J connectivity index is 1.71. The van der Waals surface area contributed by atoms with Gasteiger partial charge in [0, 0.05) is 10.6 Å². The van der Waals surface area contributed by atoms with Crippen LogP contribution in [0.2, 0.25) is 0 Å². The highest BCUT2D eigenvalue weighted by atomic mass is 32.2. The van der Waals surface area contributed by atoms with Crippen LogP contribution in [0.15, 0.2) is 23.6 Å². The van der Waals surface area contributed by atoms with Crippen LogP contribution in [0.25, 0.3) is 21.4 Å². The second kappa shape index (κ2) is 4.77. The van der Waals surface area contributed by atoms with Crippen molar-refractivity contribution >= 4 is 34.4 Å². The Morgan fingerprint density at radius 3 is 3.11 bits per heavy atom. The molecule has 0 saturated carbocycles. The molecule has 0 spiro atoms. The fourth-order valence-corrected chi connectivity index (χ4v) is 5.12. The van der Waals surface area contributed by atoms with Crippen LogP contribution in [-0.2, 0) is 12.2 Å². The molecule has 0 fully saturated rings. The molecule has 3 nitrogen and oxygen atoms in total. The molecule has 96 valence electrons. The highest BCUT2D eigenvalue weighted by Gasteiger charge is 2.17. The van der Waals surface area contributed by atoms with Crippen LogP contribution in [0.3, 0.4) is 0 Å². The number of aromatic nitrogens is 3. The molecule has 4 rings (SSSR count). The van der Waals surface area contributed by atoms with Crippen LogP contribution >= 0.6 is 34.4 Å². The lowest BCUT2D eigenvalue weighted by Gasteiger charge is -2.08. The zero-order valence-electron chi connectivity index (χ0n) is 10.0. The molecule has 0 amide bonds. The lowest BCUT2D eigenvalue weighted by molar-refractivity contribution is 1.10. The van der Waals surface area contributed by atoms with Crippen LogP contribution in [0, 0.1) is 0 Å². The molecule has 1 aliphatic rings. The first kappa shape index (κ1) is 11.7. The highest BCUT2D eigenvalue weighted by Crippen LogP contribution is 2.36. The summed E-state index contributed by atoms with van der Waals surface area (Å²) < 4.78 is 0. The number of hydrogen-bond acceptors (Lipinski definition) is 5. The van der Waals surface area contributed by atoms with Crippen molar-refractivity contribution in [3.63, 3.8) is 0 Å². The van der Waals surface area contributed by atoms with Gasteiger partial charge in [-0.15, -0.1) is 22.7 Å². The van der Waals surface area contributed by atoms with Crippen LogP contribution < -0.4 is 0 Å². The second-order valence-corrected chi connectivity index (χ2v) is 7.54. The molecule has 4 heterocycles. The fraction of sp³-hybridized carbons (Fsp3) is 0.231. The molecule has 0 unspecified atom stereocenters. The number of thiophene rings is 2. The average molecular weight is 305 g/mol. The van der Waals surface area contributed by atoms with E-state index in [-0.39, 0.29) is 0 Å². The van der Waals surface area contributed by atoms with E-state index in [9.17, 15) is 0 Å². The summed E-state index contributed by atoms with van der Waals surface area (Å²) >= 11 is 5.53. The molecule has 1 N–H and O–H groups in total. The van der Waals surface area contributed by atoms with Crippen molar-refractivity contribution in [1.82, 2.24) is 15.2 Å². The normalized spacial score (nSPS) is 14.5. The molecule has 0 radical (unpaired) electrons. The van der Waals surface area contributed by atoms with E-state index in [2.05, 4.69) is 32.7 Å². The molecule has 1 aliphatic heterocycles. The topological polar surface area (TPSA) is 41.6 Å². The lowest BCUT2D eigenvalue weighted by Crippen LogP contribution is -1.96. The lowest BCUT2D eigenvalue weighted by atomic mass is 10.2. The third-order valence-corrected chi connectivity index (χ3v) is 6.21. The molecule has 0 saturated heterocycles. The van der Waals surface area contributed by atoms with E-state index in [0.29, 0.717) is 0 Å². The molecule has 0 atom stereocenters. The molecule has 6 heteroatoms. The Labute approximate surface area is 123 Å². The Hall–Kier alpha value is -1.11. The van der Waals surface area contributed by atoms with E-state index in [4.69, 9.17) is 0 Å². The van der Waals surface area contributed by atoms with Gasteiger partial charge >= 0.3 is 0 Å². The van der Waals surface area contributed by atoms with Gasteiger partial charge in [0.1, 0.15) is 0 Å². The van der Waals surface area contributed by atoms with Crippen molar-refractivity contribution in [2.45, 2.75) is 12.2 Å². The van der Waals surface area contributed by atoms with Gasteiger partial charge in [0.05, 0.1) is 9.75 Å². The van der Waals surface area contributed by atoms with Gasteiger partial charge in [-0.25, -0.2) is 4.98 Å². The summed E-state index contributed by atoms with van der Waals surface area (Å²) in [6.45, 7) is 0. The van der Waals surface area contributed by atoms with Gasteiger partial charge in [-0.2, -0.15) is 16.9 Å². The number of fused-ring (bicyclic) bond motifs is 1. The van der Waals surface area contributed by atoms with Gasteiger partial charge in [-0.1, -0.05) is 6.07 Å². The molecular weight excluding hydrogens is 294 g/mol. The molecule has 0 bridgehead atoms. The van der Waals surface area contributed by atoms with E-state index in [1.807, 2.05) is 29.2 Å². The standard InChI is InChI=1S/C13H11N3S3/c1-2-10(18-4-1)12-14-13(16-15-12)11-6-8-7-17-5-3-9(8)19-11/h1-2,4,6H,3,5,7H2,(H,14,15,16). The summed E-state index contributed by atoms with van der Waals surface area (Å²) in [6.07, 6.45) is 1.19. The van der Waals surface area contributed by atoms with Crippen LogP contribution in [0.1, 0.15) is 10.4 Å². The Morgan fingerprint density at radius 1 is 1.26 bits per heavy atom. The molecule has 0 aromatic carbocycles. The molecule has 3 aromatic heterocycles. The first-order chi connectivity index (χ1) is 9.40. The van der Waals surface area contributed by atoms with Crippen LogP contribution in [0.5, 0.6) is 0 Å². The third kappa shape index (κ3) is 2.13. The van der Waals surface area contributed by atoms with Crippen molar-refractivity contribution in [2.75, 3.05) is 5.75 Å². The zero-order valence-corrected chi connectivity index (χ0v) is 12.5. The van der Waals surface area contributed by atoms with Crippen LogP contribution in [0.4, 0.5) is 0 Å². The first-order valence-corrected chi connectivity index (χ1v) is 8.91. The van der Waals surface area contributed by atoms with Crippen molar-refractivity contribution in [1.29, 1.82) is 0 Å². The van der Waals surface area contributed by atoms with Crippen molar-refractivity contribution in [2.24, 2.45) is 0 Å². The Bertz CT molecular complexity index is 673. The number of thioether (sulfide) groups is 1. The second-order valence-electron chi connectivity index (χ2n) is 4.35. The predicted molar refractivity (Wildman–Crippen MR) is 82.9 cm³/mol. The number of rotatable bonds is 2. The van der Waals surface area contributed by atoms with E-state index in [0.717, 1.165) is 22.3 Å². The number of nitrogens with one attached hydrogen (secondary N) is 1. The smallest absolute Gasteiger partial charge is 0.191 e. The zero-order chi connectivity index (χ0) is 12.7. The van der Waals surface area contributed by atoms with E-state index < -0.39 is 0 Å². The summed E-state index contributed by atoms with van der Waals surface area (Å²) in [5.41, 5.74) is 1.47. The van der Waals surface area contributed by atoms with E-state index in [1.54, 1.807) is 11.3 Å². The van der Waals surface area contributed by atoms with E-state index in [1.165, 1.54) is 27.5 Å². The minimum atomic E-state index is 0.827. The minimum absolute atomic E-state index is 0.827. The quantitative estimate of drug-likeness (QED) is 0.776. The summed E-state index contributed by atoms with van der Waals surface area (Å²) in [7, 11) is 0. The maximum atomic E-state index is 4.61. The highest BCUT2D eigenvalue weighted by molar-refractivity contribution is 7.98. The number of aryl methyl sites for hydroxylation is 1. The minimum Gasteiger partial charge on any atom is -0.258 e. The molecule has 19 heavy (non-hydrogen) atoms. The van der Waals surface area contributed by atoms with Gasteiger partial charge in [0.25, 0.3) is 0 Å². The monoisotopic (exact) mass is 305 g/mol. The maximum Gasteiger partial charge on any atom is 0.191 e. The third-order valence-electron chi connectivity index (χ3n) is 3.09. The number of hydrogen-bond donors (Lipinski definition) is 1. The van der Waals surface area contributed by atoms with E-state index >= 15 is 0 Å². The fourth-order valence-electron chi connectivity index (χ4n) is 2.15. The summed E-state index contributed by atoms with van der Waals surface area (Å²) in [6, 6.07) is 6.35. The van der Waals surface area contributed by atoms with Gasteiger partial charge in [0.15, 0.2) is 11.6 Å². The van der Waals surface area contributed by atoms with Gasteiger partial charge in [-0.3, -0.25) is 5.10 Å². The Kier molecular flexibility index (Phi) is 2.94. The maximum absolute atomic E-state index is 4.61. The van der Waals surface area contributed by atoms with Gasteiger partial charge < -0.3 is 0 Å². The van der Waals surface area contributed by atoms with Crippen molar-refractivity contribution in [3.05, 3.63) is 34.0 Å². The van der Waals surface area contributed by atoms with Crippen molar-refractivity contribution in [3.8, 4) is 21.4 Å². The number of H-pyrrole nitrogens is 1. The number of nitrogens with zero attached hydrogens (tertiary/aromatic N) is 2. The van der Waals surface area contributed by atoms with Crippen LogP contribution in [-0.4, -0.2) is 20.9 Å². The summed E-state index contributed by atoms with van der Waals surface area (Å²) in [5.74, 6) is 4.06. The predicted octanol–water partition coefficient (Wildman–Crippen LogP) is 4.05. The van der Waals surface area contributed by atoms with Crippen molar-refractivity contribution < 1.29 is 0 Å². The summed E-state index contributed by atoms with van der Waals surface area (Å²) in [4.78, 5) is 8.45. The molecule has 3 aromatic rings. The van der Waals surface area contributed by atoms with Gasteiger partial charge in [0.2, 0.25) is 0 Å². The SMILES string of the molecule is c1csc(-c2nc(-c3cc4c(s3)CCSC4)n[nH]2)c1. The molecule has 0 aliphatic carbocycles. The molecular formula is C13H11N3S3. The Morgan fingerprint density at radius 2 is 2.26 bits per heavy atom. The largest absolute Gasteiger partial charge is 0.258 e. The van der Waals surface area contributed by atoms with Gasteiger partial charge in [-0.05, 0) is 35.2 Å². The summed E-state index contributed by atoms with van der Waals surface area (Å²) in [5, 5.41) is 9.45. The average Bonchev–Trinajstić information content (AvgIpc) is 3.17.